The minimum atomic E-state index is 0.294. The van der Waals surface area contributed by atoms with Crippen LogP contribution >= 0.6 is 0 Å². The smallest absolute Gasteiger partial charge is 0.0947 e. The molecule has 0 aromatic carbocycles. The molecule has 0 amide bonds. The predicted molar refractivity (Wildman–Crippen MR) is 76.3 cm³/mol. The maximum atomic E-state index is 5.66. The zero-order valence-electron chi connectivity index (χ0n) is 11.7. The van der Waals surface area contributed by atoms with Gasteiger partial charge in [-0.3, -0.25) is 9.88 Å². The minimum absolute atomic E-state index is 0.294. The molecule has 3 rings (SSSR count). The molecule has 106 valence electrons. The van der Waals surface area contributed by atoms with Gasteiger partial charge in [0.1, 0.15) is 0 Å². The monoisotopic (exact) mass is 272 g/mol. The van der Waals surface area contributed by atoms with Gasteiger partial charge in [-0.1, -0.05) is 6.07 Å². The van der Waals surface area contributed by atoms with Crippen LogP contribution in [0.15, 0.2) is 47.5 Å². The molecule has 3 heterocycles. The SMILES string of the molecule is CO[C@@H]1CCN(Cc2ccoc2)[C@H]1Cc1cccnc1. The highest BCUT2D eigenvalue weighted by atomic mass is 16.5. The molecule has 0 saturated carbocycles. The van der Waals surface area contributed by atoms with E-state index >= 15 is 0 Å². The first-order valence-electron chi connectivity index (χ1n) is 7.03. The van der Waals surface area contributed by atoms with E-state index < -0.39 is 0 Å². The number of hydrogen-bond donors (Lipinski definition) is 0. The Morgan fingerprint density at radius 3 is 3.05 bits per heavy atom. The van der Waals surface area contributed by atoms with Crippen molar-refractivity contribution in [2.45, 2.75) is 31.5 Å². The summed E-state index contributed by atoms with van der Waals surface area (Å²) in [5, 5.41) is 0. The molecule has 4 heteroatoms. The van der Waals surface area contributed by atoms with E-state index in [0.29, 0.717) is 12.1 Å². The third kappa shape index (κ3) is 2.92. The molecule has 4 nitrogen and oxygen atoms in total. The molecule has 0 unspecified atom stereocenters. The van der Waals surface area contributed by atoms with E-state index in [4.69, 9.17) is 9.15 Å². The Bertz CT molecular complexity index is 513. The summed E-state index contributed by atoms with van der Waals surface area (Å²) in [5.74, 6) is 0. The number of nitrogens with zero attached hydrogens (tertiary/aromatic N) is 2. The van der Waals surface area contributed by atoms with Crippen LogP contribution in [0.1, 0.15) is 17.5 Å². The number of methoxy groups -OCH3 is 1. The number of ether oxygens (including phenoxy) is 1. The molecule has 1 aliphatic rings. The van der Waals surface area contributed by atoms with E-state index in [2.05, 4.69) is 16.0 Å². The Morgan fingerprint density at radius 2 is 2.35 bits per heavy atom. The van der Waals surface area contributed by atoms with Crippen LogP contribution in [0.4, 0.5) is 0 Å². The van der Waals surface area contributed by atoms with Gasteiger partial charge in [0, 0.05) is 44.2 Å². The second kappa shape index (κ2) is 6.20. The molecule has 0 aliphatic carbocycles. The first-order valence-corrected chi connectivity index (χ1v) is 7.03. The van der Waals surface area contributed by atoms with E-state index in [1.54, 1.807) is 6.26 Å². The highest BCUT2D eigenvalue weighted by Gasteiger charge is 2.34. The predicted octanol–water partition coefficient (Wildman–Crippen LogP) is 2.51. The molecule has 1 aliphatic heterocycles. The third-order valence-electron chi connectivity index (χ3n) is 4.04. The van der Waals surface area contributed by atoms with E-state index in [-0.39, 0.29) is 0 Å². The largest absolute Gasteiger partial charge is 0.472 e. The van der Waals surface area contributed by atoms with Crippen molar-refractivity contribution < 1.29 is 9.15 Å². The van der Waals surface area contributed by atoms with Gasteiger partial charge in [-0.05, 0) is 30.5 Å². The van der Waals surface area contributed by atoms with Gasteiger partial charge in [0.2, 0.25) is 0 Å². The second-order valence-corrected chi connectivity index (χ2v) is 5.30. The van der Waals surface area contributed by atoms with Gasteiger partial charge in [-0.15, -0.1) is 0 Å². The van der Waals surface area contributed by atoms with Crippen molar-refractivity contribution >= 4 is 0 Å². The summed E-state index contributed by atoms with van der Waals surface area (Å²) in [7, 11) is 1.81. The molecule has 1 saturated heterocycles. The summed E-state index contributed by atoms with van der Waals surface area (Å²) < 4.78 is 10.8. The summed E-state index contributed by atoms with van der Waals surface area (Å²) in [5.41, 5.74) is 2.48. The van der Waals surface area contributed by atoms with Crippen LogP contribution < -0.4 is 0 Å². The van der Waals surface area contributed by atoms with Crippen molar-refractivity contribution in [2.24, 2.45) is 0 Å². The van der Waals surface area contributed by atoms with Crippen molar-refractivity contribution in [1.29, 1.82) is 0 Å². The quantitative estimate of drug-likeness (QED) is 0.838. The molecule has 1 fully saturated rings. The van der Waals surface area contributed by atoms with Gasteiger partial charge in [-0.2, -0.15) is 0 Å². The van der Waals surface area contributed by atoms with Gasteiger partial charge in [0.25, 0.3) is 0 Å². The summed E-state index contributed by atoms with van der Waals surface area (Å²) in [6.07, 6.45) is 9.66. The van der Waals surface area contributed by atoms with Gasteiger partial charge in [0.05, 0.1) is 18.6 Å². The Labute approximate surface area is 119 Å². The second-order valence-electron chi connectivity index (χ2n) is 5.30. The first-order chi connectivity index (χ1) is 9.86. The number of rotatable bonds is 5. The van der Waals surface area contributed by atoms with Crippen molar-refractivity contribution in [3.05, 3.63) is 54.2 Å². The van der Waals surface area contributed by atoms with Gasteiger partial charge < -0.3 is 9.15 Å². The van der Waals surface area contributed by atoms with E-state index in [1.807, 2.05) is 37.9 Å². The van der Waals surface area contributed by atoms with Gasteiger partial charge >= 0.3 is 0 Å². The highest BCUT2D eigenvalue weighted by molar-refractivity contribution is 5.13. The molecular formula is C16H20N2O2. The number of aromatic nitrogens is 1. The number of furan rings is 1. The van der Waals surface area contributed by atoms with Crippen LogP contribution in [0.3, 0.4) is 0 Å². The maximum absolute atomic E-state index is 5.66. The molecular weight excluding hydrogens is 252 g/mol. The maximum Gasteiger partial charge on any atom is 0.0947 e. The topological polar surface area (TPSA) is 38.5 Å². The Balaban J connectivity index is 1.72. The van der Waals surface area contributed by atoms with Crippen LogP contribution in [0.2, 0.25) is 0 Å². The normalized spacial score (nSPS) is 23.2. The third-order valence-corrected chi connectivity index (χ3v) is 4.04. The van der Waals surface area contributed by atoms with Gasteiger partial charge in [-0.25, -0.2) is 0 Å². The number of hydrogen-bond acceptors (Lipinski definition) is 4. The molecule has 2 atom stereocenters. The van der Waals surface area contributed by atoms with E-state index in [0.717, 1.165) is 25.9 Å². The van der Waals surface area contributed by atoms with Crippen LogP contribution in [-0.4, -0.2) is 35.7 Å². The zero-order valence-corrected chi connectivity index (χ0v) is 11.7. The van der Waals surface area contributed by atoms with Crippen LogP contribution in [0, 0.1) is 0 Å². The fourth-order valence-corrected chi connectivity index (χ4v) is 3.00. The van der Waals surface area contributed by atoms with Crippen LogP contribution in [0.25, 0.3) is 0 Å². The van der Waals surface area contributed by atoms with Gasteiger partial charge in [0.15, 0.2) is 0 Å². The van der Waals surface area contributed by atoms with Crippen molar-refractivity contribution in [3.63, 3.8) is 0 Å². The Kier molecular flexibility index (Phi) is 4.14. The molecule has 0 bridgehead atoms. The van der Waals surface area contributed by atoms with Crippen LogP contribution in [-0.2, 0) is 17.7 Å². The highest BCUT2D eigenvalue weighted by Crippen LogP contribution is 2.25. The summed E-state index contributed by atoms with van der Waals surface area (Å²) >= 11 is 0. The van der Waals surface area contributed by atoms with Crippen LogP contribution in [0.5, 0.6) is 0 Å². The fourth-order valence-electron chi connectivity index (χ4n) is 3.00. The summed E-state index contributed by atoms with van der Waals surface area (Å²) in [4.78, 5) is 6.68. The number of pyridine rings is 1. The lowest BCUT2D eigenvalue weighted by Gasteiger charge is -2.27. The average molecular weight is 272 g/mol. The lowest BCUT2D eigenvalue weighted by molar-refractivity contribution is 0.0638. The lowest BCUT2D eigenvalue weighted by atomic mass is 10.0. The minimum Gasteiger partial charge on any atom is -0.472 e. The number of likely N-dealkylation sites (tertiary alicyclic amines) is 1. The summed E-state index contributed by atoms with van der Waals surface area (Å²) in [6.45, 7) is 1.98. The summed E-state index contributed by atoms with van der Waals surface area (Å²) in [6, 6.07) is 6.56. The Morgan fingerprint density at radius 1 is 1.40 bits per heavy atom. The lowest BCUT2D eigenvalue weighted by Crippen LogP contribution is -2.37. The molecule has 2 aromatic heterocycles. The molecule has 2 aromatic rings. The zero-order chi connectivity index (χ0) is 13.8. The standard InChI is InChI=1S/C16H20N2O2/c1-19-16-4-7-18(11-14-5-8-20-12-14)15(16)9-13-3-2-6-17-10-13/h2-3,5-6,8,10,12,15-16H,4,7,9,11H2,1H3/t15-,16+/m0/s1. The molecule has 0 N–H and O–H groups in total. The molecule has 0 radical (unpaired) electrons. The molecule has 0 spiro atoms. The fraction of sp³-hybridized carbons (Fsp3) is 0.438. The van der Waals surface area contributed by atoms with E-state index in [9.17, 15) is 0 Å². The van der Waals surface area contributed by atoms with Crippen molar-refractivity contribution in [2.75, 3.05) is 13.7 Å². The van der Waals surface area contributed by atoms with E-state index in [1.165, 1.54) is 11.1 Å². The van der Waals surface area contributed by atoms with Crippen molar-refractivity contribution in [1.82, 2.24) is 9.88 Å². The average Bonchev–Trinajstić information content (AvgIpc) is 3.11. The van der Waals surface area contributed by atoms with Crippen molar-refractivity contribution in [3.8, 4) is 0 Å². The first kappa shape index (κ1) is 13.3. The Hall–Kier alpha value is -1.65. The molecule has 20 heavy (non-hydrogen) atoms.